The van der Waals surface area contributed by atoms with Gasteiger partial charge in [0.2, 0.25) is 0 Å². The van der Waals surface area contributed by atoms with Crippen molar-refractivity contribution in [2.75, 3.05) is 20.8 Å². The summed E-state index contributed by atoms with van der Waals surface area (Å²) in [5, 5.41) is 0. The van der Waals surface area contributed by atoms with Gasteiger partial charge in [0.15, 0.2) is 0 Å². The van der Waals surface area contributed by atoms with Crippen LogP contribution in [-0.4, -0.2) is 20.8 Å². The number of benzene rings is 1. The van der Waals surface area contributed by atoms with E-state index in [2.05, 4.69) is 6.07 Å². The van der Waals surface area contributed by atoms with Crippen LogP contribution in [0.1, 0.15) is 11.1 Å². The molecule has 2 N–H and O–H groups in total. The molecule has 0 fully saturated rings. The third-order valence-corrected chi connectivity index (χ3v) is 2.07. The van der Waals surface area contributed by atoms with Crippen molar-refractivity contribution in [3.63, 3.8) is 0 Å². The summed E-state index contributed by atoms with van der Waals surface area (Å²) < 4.78 is 10.3. The first-order chi connectivity index (χ1) is 6.81. The molecule has 0 bridgehead atoms. The van der Waals surface area contributed by atoms with Gasteiger partial charge in [0.05, 0.1) is 13.7 Å². The fraction of sp³-hybridized carbons (Fsp3) is 0.455. The zero-order valence-corrected chi connectivity index (χ0v) is 8.75. The van der Waals surface area contributed by atoms with Crippen LogP contribution in [-0.2, 0) is 17.8 Å². The molecule has 0 aliphatic heterocycles. The lowest BCUT2D eigenvalue weighted by atomic mass is 10.1. The molecule has 0 saturated carbocycles. The Morgan fingerprint density at radius 2 is 2.07 bits per heavy atom. The van der Waals surface area contributed by atoms with Crippen LogP contribution in [0.3, 0.4) is 0 Å². The molecule has 0 atom stereocenters. The topological polar surface area (TPSA) is 44.5 Å². The number of rotatable bonds is 5. The average Bonchev–Trinajstić information content (AvgIpc) is 2.19. The Balaban J connectivity index is 2.88. The molecule has 1 rings (SSSR count). The number of ether oxygens (including phenoxy) is 2. The van der Waals surface area contributed by atoms with Crippen molar-refractivity contribution in [3.05, 3.63) is 29.3 Å². The maximum absolute atomic E-state index is 5.52. The van der Waals surface area contributed by atoms with E-state index in [1.165, 1.54) is 0 Å². The van der Waals surface area contributed by atoms with Crippen LogP contribution in [0, 0.1) is 0 Å². The molecule has 3 heteroatoms. The summed E-state index contributed by atoms with van der Waals surface area (Å²) in [6, 6.07) is 6.04. The van der Waals surface area contributed by atoms with Crippen molar-refractivity contribution >= 4 is 0 Å². The van der Waals surface area contributed by atoms with Gasteiger partial charge in [0.1, 0.15) is 5.75 Å². The summed E-state index contributed by atoms with van der Waals surface area (Å²) in [5.74, 6) is 0.898. The van der Waals surface area contributed by atoms with Crippen LogP contribution in [0.4, 0.5) is 0 Å². The minimum atomic E-state index is 0.627. The van der Waals surface area contributed by atoms with Crippen molar-refractivity contribution < 1.29 is 9.47 Å². The maximum atomic E-state index is 5.52. The SMILES string of the molecule is COCc1ccc(OC)c(CCN)c1. The highest BCUT2D eigenvalue weighted by Crippen LogP contribution is 2.20. The van der Waals surface area contributed by atoms with E-state index in [-0.39, 0.29) is 0 Å². The number of nitrogens with two attached hydrogens (primary N) is 1. The Morgan fingerprint density at radius 3 is 2.64 bits per heavy atom. The molecule has 14 heavy (non-hydrogen) atoms. The average molecular weight is 195 g/mol. The van der Waals surface area contributed by atoms with Crippen molar-refractivity contribution in [2.24, 2.45) is 5.73 Å². The van der Waals surface area contributed by atoms with Gasteiger partial charge < -0.3 is 15.2 Å². The molecule has 0 unspecified atom stereocenters. The Labute approximate surface area is 84.8 Å². The predicted octanol–water partition coefficient (Wildman–Crippen LogP) is 1.34. The van der Waals surface area contributed by atoms with Crippen LogP contribution >= 0.6 is 0 Å². The molecular weight excluding hydrogens is 178 g/mol. The Morgan fingerprint density at radius 1 is 1.29 bits per heavy atom. The molecule has 1 aromatic carbocycles. The third kappa shape index (κ3) is 2.72. The summed E-state index contributed by atoms with van der Waals surface area (Å²) in [4.78, 5) is 0. The quantitative estimate of drug-likeness (QED) is 0.771. The van der Waals surface area contributed by atoms with Crippen LogP contribution in [0.2, 0.25) is 0 Å². The molecule has 0 aliphatic rings. The summed E-state index contributed by atoms with van der Waals surface area (Å²) in [6.07, 6.45) is 0.834. The highest BCUT2D eigenvalue weighted by atomic mass is 16.5. The molecule has 0 amide bonds. The zero-order valence-electron chi connectivity index (χ0n) is 8.75. The fourth-order valence-corrected chi connectivity index (χ4v) is 1.44. The Bertz CT molecular complexity index is 287. The van der Waals surface area contributed by atoms with Crippen LogP contribution in [0.25, 0.3) is 0 Å². The molecule has 0 heterocycles. The maximum Gasteiger partial charge on any atom is 0.122 e. The van der Waals surface area contributed by atoms with Crippen molar-refractivity contribution in [3.8, 4) is 5.75 Å². The largest absolute Gasteiger partial charge is 0.496 e. The van der Waals surface area contributed by atoms with Gasteiger partial charge in [0, 0.05) is 7.11 Å². The minimum Gasteiger partial charge on any atom is -0.496 e. The van der Waals surface area contributed by atoms with E-state index in [9.17, 15) is 0 Å². The fourth-order valence-electron chi connectivity index (χ4n) is 1.44. The summed E-state index contributed by atoms with van der Waals surface area (Å²) >= 11 is 0. The lowest BCUT2D eigenvalue weighted by Crippen LogP contribution is -2.05. The monoisotopic (exact) mass is 195 g/mol. The Hall–Kier alpha value is -1.06. The summed E-state index contributed by atoms with van der Waals surface area (Å²) in [5.41, 5.74) is 7.81. The summed E-state index contributed by atoms with van der Waals surface area (Å²) in [6.45, 7) is 1.26. The minimum absolute atomic E-state index is 0.627. The zero-order chi connectivity index (χ0) is 10.4. The van der Waals surface area contributed by atoms with E-state index in [0.717, 1.165) is 23.3 Å². The van der Waals surface area contributed by atoms with E-state index < -0.39 is 0 Å². The highest BCUT2D eigenvalue weighted by Gasteiger charge is 2.03. The van der Waals surface area contributed by atoms with Crippen LogP contribution in [0.5, 0.6) is 5.75 Å². The standard InChI is InChI=1S/C11H17NO2/c1-13-8-9-3-4-11(14-2)10(7-9)5-6-12/h3-4,7H,5-6,8,12H2,1-2H3. The van der Waals surface area contributed by atoms with Gasteiger partial charge in [-0.3, -0.25) is 0 Å². The van der Waals surface area contributed by atoms with Gasteiger partial charge in [-0.2, -0.15) is 0 Å². The molecule has 0 radical (unpaired) electrons. The second-order valence-electron chi connectivity index (χ2n) is 3.12. The molecule has 78 valence electrons. The number of hydrogen-bond acceptors (Lipinski definition) is 3. The first kappa shape index (κ1) is 11.0. The number of hydrogen-bond donors (Lipinski definition) is 1. The van der Waals surface area contributed by atoms with Gasteiger partial charge in [-0.1, -0.05) is 6.07 Å². The predicted molar refractivity (Wildman–Crippen MR) is 56.5 cm³/mol. The number of methoxy groups -OCH3 is 2. The van der Waals surface area contributed by atoms with Crippen molar-refractivity contribution in [1.29, 1.82) is 0 Å². The normalized spacial score (nSPS) is 10.2. The van der Waals surface area contributed by atoms with Crippen LogP contribution < -0.4 is 10.5 Å². The van der Waals surface area contributed by atoms with Crippen molar-refractivity contribution in [1.82, 2.24) is 0 Å². The first-order valence-corrected chi connectivity index (χ1v) is 4.66. The summed E-state index contributed by atoms with van der Waals surface area (Å²) in [7, 11) is 3.36. The smallest absolute Gasteiger partial charge is 0.122 e. The lowest BCUT2D eigenvalue weighted by Gasteiger charge is -2.09. The second-order valence-corrected chi connectivity index (χ2v) is 3.12. The van der Waals surface area contributed by atoms with Gasteiger partial charge >= 0.3 is 0 Å². The van der Waals surface area contributed by atoms with Crippen LogP contribution in [0.15, 0.2) is 18.2 Å². The van der Waals surface area contributed by atoms with Crippen molar-refractivity contribution in [2.45, 2.75) is 13.0 Å². The molecule has 1 aromatic rings. The van der Waals surface area contributed by atoms with E-state index in [4.69, 9.17) is 15.2 Å². The van der Waals surface area contributed by atoms with Gasteiger partial charge in [-0.15, -0.1) is 0 Å². The van der Waals surface area contributed by atoms with E-state index >= 15 is 0 Å². The highest BCUT2D eigenvalue weighted by molar-refractivity contribution is 5.37. The third-order valence-electron chi connectivity index (χ3n) is 2.07. The van der Waals surface area contributed by atoms with Gasteiger partial charge in [0.25, 0.3) is 0 Å². The molecule has 0 aliphatic carbocycles. The van der Waals surface area contributed by atoms with E-state index in [1.807, 2.05) is 12.1 Å². The first-order valence-electron chi connectivity index (χ1n) is 4.66. The second kappa shape index (κ2) is 5.62. The molecule has 3 nitrogen and oxygen atoms in total. The van der Waals surface area contributed by atoms with E-state index in [1.54, 1.807) is 14.2 Å². The molecular formula is C11H17NO2. The van der Waals surface area contributed by atoms with Gasteiger partial charge in [-0.25, -0.2) is 0 Å². The molecule has 0 saturated heterocycles. The molecule has 0 spiro atoms. The van der Waals surface area contributed by atoms with Gasteiger partial charge in [-0.05, 0) is 36.2 Å². The van der Waals surface area contributed by atoms with E-state index in [0.29, 0.717) is 13.2 Å². The Kier molecular flexibility index (Phi) is 4.43. The molecule has 0 aromatic heterocycles. The lowest BCUT2D eigenvalue weighted by molar-refractivity contribution is 0.185.